The molecule has 0 radical (unpaired) electrons. The van der Waals surface area contributed by atoms with Gasteiger partial charge in [-0.1, -0.05) is 12.1 Å². The first-order valence-corrected chi connectivity index (χ1v) is 11.4. The number of H-pyrrole nitrogens is 1. The first kappa shape index (κ1) is 23.8. The van der Waals surface area contributed by atoms with Crippen LogP contribution in [0.1, 0.15) is 17.3 Å². The van der Waals surface area contributed by atoms with Gasteiger partial charge in [0, 0.05) is 49.5 Å². The van der Waals surface area contributed by atoms with Gasteiger partial charge >= 0.3 is 12.1 Å². The highest BCUT2D eigenvalue weighted by Gasteiger charge is 2.38. The van der Waals surface area contributed by atoms with Crippen LogP contribution in [0.5, 0.6) is 0 Å². The molecular formula is C19H22F3N5O4S. The van der Waals surface area contributed by atoms with Crippen LogP contribution in [0.4, 0.5) is 13.2 Å². The largest absolute Gasteiger partial charge is 0.490 e. The summed E-state index contributed by atoms with van der Waals surface area (Å²) in [6.07, 6.45) is 1.71. The Morgan fingerprint density at radius 3 is 2.72 bits per heavy atom. The van der Waals surface area contributed by atoms with E-state index in [2.05, 4.69) is 48.4 Å². The Hall–Kier alpha value is -2.90. The molecule has 174 valence electrons. The van der Waals surface area contributed by atoms with Crippen molar-refractivity contribution in [2.45, 2.75) is 25.3 Å². The molecule has 2 aromatic heterocycles. The van der Waals surface area contributed by atoms with E-state index in [4.69, 9.17) is 9.90 Å². The van der Waals surface area contributed by atoms with E-state index in [1.807, 2.05) is 12.4 Å². The van der Waals surface area contributed by atoms with E-state index in [0.717, 1.165) is 30.8 Å². The molecule has 0 aliphatic carbocycles. The summed E-state index contributed by atoms with van der Waals surface area (Å²) in [6.45, 7) is 2.76. The number of aromatic nitrogens is 3. The number of carbonyl (C=O) groups is 1. The smallest absolute Gasteiger partial charge is 0.475 e. The number of nitrogens with zero attached hydrogens (tertiary/aromatic N) is 3. The molecule has 4 rings (SSSR count). The van der Waals surface area contributed by atoms with Crippen LogP contribution in [-0.4, -0.2) is 64.5 Å². The zero-order valence-electron chi connectivity index (χ0n) is 17.0. The number of nitrogens with one attached hydrogen (secondary N) is 2. The van der Waals surface area contributed by atoms with Crippen LogP contribution in [0.2, 0.25) is 0 Å². The highest BCUT2D eigenvalue weighted by Crippen LogP contribution is 2.25. The van der Waals surface area contributed by atoms with Crippen molar-refractivity contribution in [2.24, 2.45) is 0 Å². The number of alkyl halides is 3. The van der Waals surface area contributed by atoms with Gasteiger partial charge in [0.15, 0.2) is 0 Å². The van der Waals surface area contributed by atoms with Gasteiger partial charge in [-0.05, 0) is 17.7 Å². The molecule has 1 aliphatic rings. The zero-order chi connectivity index (χ0) is 23.5. The summed E-state index contributed by atoms with van der Waals surface area (Å²) in [6, 6.07) is 8.41. The molecule has 0 bridgehead atoms. The fraction of sp³-hybridized carbons (Fsp3) is 0.368. The Morgan fingerprint density at radius 2 is 2.06 bits per heavy atom. The minimum absolute atomic E-state index is 0.0337. The van der Waals surface area contributed by atoms with Crippen molar-refractivity contribution >= 4 is 26.9 Å². The van der Waals surface area contributed by atoms with Gasteiger partial charge in [0.1, 0.15) is 0 Å². The van der Waals surface area contributed by atoms with Gasteiger partial charge in [0.2, 0.25) is 10.0 Å². The number of carboxylic acids is 1. The minimum Gasteiger partial charge on any atom is -0.475 e. The summed E-state index contributed by atoms with van der Waals surface area (Å²) in [7, 11) is -3.21. The van der Waals surface area contributed by atoms with E-state index in [1.54, 1.807) is 6.33 Å². The Bertz CT molecular complexity index is 1190. The molecule has 0 saturated carbocycles. The number of aliphatic carboxylic acids is 1. The zero-order valence-corrected chi connectivity index (χ0v) is 17.8. The summed E-state index contributed by atoms with van der Waals surface area (Å²) in [5.41, 5.74) is 3.50. The molecule has 3 N–H and O–H groups in total. The molecule has 13 heteroatoms. The Kier molecular flexibility index (Phi) is 6.91. The lowest BCUT2D eigenvalue weighted by Crippen LogP contribution is -2.41. The number of halogens is 3. The predicted molar refractivity (Wildman–Crippen MR) is 110 cm³/mol. The maximum absolute atomic E-state index is 11.5. The normalized spacial score (nSPS) is 16.9. The van der Waals surface area contributed by atoms with Crippen molar-refractivity contribution in [3.8, 4) is 0 Å². The summed E-state index contributed by atoms with van der Waals surface area (Å²) in [5, 5.41) is 8.35. The molecule has 1 aromatic carbocycles. The third-order valence-electron chi connectivity index (χ3n) is 4.90. The molecule has 0 saturated heterocycles. The van der Waals surface area contributed by atoms with E-state index in [-0.39, 0.29) is 6.04 Å². The van der Waals surface area contributed by atoms with E-state index in [9.17, 15) is 21.6 Å². The average Bonchev–Trinajstić information content (AvgIpc) is 3.35. The number of fused-ring (bicyclic) bond motifs is 2. The van der Waals surface area contributed by atoms with Crippen LogP contribution in [0.25, 0.3) is 10.9 Å². The lowest BCUT2D eigenvalue weighted by atomic mass is 10.1. The summed E-state index contributed by atoms with van der Waals surface area (Å²) in [4.78, 5) is 18.7. The molecule has 32 heavy (non-hydrogen) atoms. The maximum atomic E-state index is 11.5. The van der Waals surface area contributed by atoms with E-state index >= 15 is 0 Å². The summed E-state index contributed by atoms with van der Waals surface area (Å²) >= 11 is 0. The van der Waals surface area contributed by atoms with E-state index in [1.165, 1.54) is 17.2 Å². The lowest BCUT2D eigenvalue weighted by molar-refractivity contribution is -0.192. The SMILES string of the molecule is CS(=O)(=O)NCC1CN(Cc2cccc3[nH]ccc23)Cc2cncn21.O=C(O)C(F)(F)F. The van der Waals surface area contributed by atoms with Crippen molar-refractivity contribution < 1.29 is 31.5 Å². The summed E-state index contributed by atoms with van der Waals surface area (Å²) in [5.74, 6) is -2.76. The van der Waals surface area contributed by atoms with Crippen molar-refractivity contribution in [1.82, 2.24) is 24.2 Å². The summed E-state index contributed by atoms with van der Waals surface area (Å²) < 4.78 is 59.4. The van der Waals surface area contributed by atoms with Crippen molar-refractivity contribution in [3.05, 3.63) is 54.2 Å². The number of imidazole rings is 1. The van der Waals surface area contributed by atoms with Crippen molar-refractivity contribution in [2.75, 3.05) is 19.3 Å². The van der Waals surface area contributed by atoms with Crippen LogP contribution in [-0.2, 0) is 27.9 Å². The van der Waals surface area contributed by atoms with Crippen molar-refractivity contribution in [3.63, 3.8) is 0 Å². The predicted octanol–water partition coefficient (Wildman–Crippen LogP) is 2.10. The van der Waals surface area contributed by atoms with Gasteiger partial charge in [-0.3, -0.25) is 4.90 Å². The van der Waals surface area contributed by atoms with Gasteiger partial charge in [0.25, 0.3) is 0 Å². The van der Waals surface area contributed by atoms with Crippen molar-refractivity contribution in [1.29, 1.82) is 0 Å². The molecule has 1 unspecified atom stereocenters. The number of sulfonamides is 1. The average molecular weight is 473 g/mol. The van der Waals surface area contributed by atoms with Gasteiger partial charge in [-0.15, -0.1) is 0 Å². The molecule has 9 nitrogen and oxygen atoms in total. The van der Waals surface area contributed by atoms with Gasteiger partial charge in [-0.25, -0.2) is 22.9 Å². The second kappa shape index (κ2) is 9.30. The lowest BCUT2D eigenvalue weighted by Gasteiger charge is -2.34. The fourth-order valence-electron chi connectivity index (χ4n) is 3.52. The number of hydrogen-bond donors (Lipinski definition) is 3. The third kappa shape index (κ3) is 6.08. The Balaban J connectivity index is 0.000000360. The first-order chi connectivity index (χ1) is 14.9. The third-order valence-corrected chi connectivity index (χ3v) is 5.59. The number of rotatable bonds is 5. The second-order valence-corrected chi connectivity index (χ2v) is 9.23. The van der Waals surface area contributed by atoms with Crippen LogP contribution in [0, 0.1) is 0 Å². The highest BCUT2D eigenvalue weighted by atomic mass is 32.2. The maximum Gasteiger partial charge on any atom is 0.490 e. The molecule has 0 fully saturated rings. The molecule has 1 aliphatic heterocycles. The quantitative estimate of drug-likeness (QED) is 0.522. The van der Waals surface area contributed by atoms with Crippen LogP contribution < -0.4 is 4.72 Å². The van der Waals surface area contributed by atoms with E-state index in [0.29, 0.717) is 6.54 Å². The molecule has 3 aromatic rings. The van der Waals surface area contributed by atoms with Crippen LogP contribution >= 0.6 is 0 Å². The van der Waals surface area contributed by atoms with Gasteiger partial charge < -0.3 is 14.7 Å². The second-order valence-electron chi connectivity index (χ2n) is 7.40. The molecule has 3 heterocycles. The Labute approximate surface area is 181 Å². The number of carboxylic acid groups (broad SMARTS) is 1. The molecular weight excluding hydrogens is 451 g/mol. The molecule has 1 atom stereocenters. The van der Waals surface area contributed by atoms with Crippen LogP contribution in [0.3, 0.4) is 0 Å². The number of benzene rings is 1. The fourth-order valence-corrected chi connectivity index (χ4v) is 4.02. The monoisotopic (exact) mass is 473 g/mol. The van der Waals surface area contributed by atoms with Gasteiger partial charge in [0.05, 0.1) is 24.3 Å². The van der Waals surface area contributed by atoms with E-state index < -0.39 is 22.2 Å². The molecule has 0 amide bonds. The Morgan fingerprint density at radius 1 is 1.34 bits per heavy atom. The highest BCUT2D eigenvalue weighted by molar-refractivity contribution is 7.88. The standard InChI is InChI=1S/C17H21N5O2S.C2HF3O2/c1-25(23,24)20-8-15-11-21(10-14-7-18-12-22(14)15)9-13-3-2-4-17-16(13)5-6-19-17;3-2(4,5)1(6)7/h2-7,12,15,19-20H,8-11H2,1H3;(H,6,7). The number of aromatic amines is 1. The number of hydrogen-bond acceptors (Lipinski definition) is 5. The van der Waals surface area contributed by atoms with Crippen LogP contribution in [0.15, 0.2) is 43.0 Å². The first-order valence-electron chi connectivity index (χ1n) is 9.47. The minimum atomic E-state index is -5.08. The van der Waals surface area contributed by atoms with Gasteiger partial charge in [-0.2, -0.15) is 13.2 Å². The molecule has 0 spiro atoms. The topological polar surface area (TPSA) is 120 Å².